The molecular weight excluding hydrogens is 356 g/mol. The van der Waals surface area contributed by atoms with Gasteiger partial charge in [-0.15, -0.1) is 0 Å². The lowest BCUT2D eigenvalue weighted by Gasteiger charge is -2.17. The smallest absolute Gasteiger partial charge is 0.316 e. The van der Waals surface area contributed by atoms with Crippen molar-refractivity contribution in [1.82, 2.24) is 25.3 Å². The second kappa shape index (κ2) is 7.99. The van der Waals surface area contributed by atoms with Crippen molar-refractivity contribution in [1.29, 1.82) is 0 Å². The lowest BCUT2D eigenvalue weighted by molar-refractivity contribution is 0.0939. The van der Waals surface area contributed by atoms with Gasteiger partial charge in [-0.25, -0.2) is 19.9 Å². The molecule has 1 aliphatic rings. The minimum atomic E-state index is -0.201. The summed E-state index contributed by atoms with van der Waals surface area (Å²) in [7, 11) is 1.48. The molecule has 1 unspecified atom stereocenters. The molecule has 1 atom stereocenters. The van der Waals surface area contributed by atoms with Gasteiger partial charge in [0.15, 0.2) is 0 Å². The number of rotatable bonds is 5. The Bertz CT molecular complexity index is 948. The van der Waals surface area contributed by atoms with Gasteiger partial charge in [0.25, 0.3) is 5.91 Å². The highest BCUT2D eigenvalue weighted by Crippen LogP contribution is 2.21. The minimum Gasteiger partial charge on any atom is -0.467 e. The van der Waals surface area contributed by atoms with E-state index in [2.05, 4.69) is 30.2 Å². The van der Waals surface area contributed by atoms with Crippen LogP contribution >= 0.6 is 0 Å². The zero-order chi connectivity index (χ0) is 19.3. The number of nitrogens with one attached hydrogen (secondary N) is 1. The molecule has 8 nitrogen and oxygen atoms in total. The van der Waals surface area contributed by atoms with Crippen molar-refractivity contribution in [2.24, 2.45) is 0 Å². The zero-order valence-corrected chi connectivity index (χ0v) is 15.4. The molecule has 1 amide bonds. The molecule has 1 fully saturated rings. The van der Waals surface area contributed by atoms with Crippen molar-refractivity contribution in [2.75, 3.05) is 25.1 Å². The van der Waals surface area contributed by atoms with Gasteiger partial charge in [-0.2, -0.15) is 0 Å². The number of amides is 1. The molecule has 3 aromatic rings. The van der Waals surface area contributed by atoms with Crippen molar-refractivity contribution in [2.45, 2.75) is 12.5 Å². The van der Waals surface area contributed by atoms with Crippen LogP contribution in [0.15, 0.2) is 55.0 Å². The molecule has 142 valence electrons. The van der Waals surface area contributed by atoms with Crippen LogP contribution in [-0.4, -0.2) is 52.1 Å². The fourth-order valence-corrected chi connectivity index (χ4v) is 3.14. The van der Waals surface area contributed by atoms with E-state index in [-0.39, 0.29) is 18.0 Å². The van der Waals surface area contributed by atoms with Crippen LogP contribution in [0.2, 0.25) is 0 Å². The van der Waals surface area contributed by atoms with E-state index < -0.39 is 0 Å². The Hall–Kier alpha value is -3.55. The van der Waals surface area contributed by atoms with E-state index in [0.717, 1.165) is 24.2 Å². The van der Waals surface area contributed by atoms with Crippen LogP contribution in [0, 0.1) is 0 Å². The van der Waals surface area contributed by atoms with Gasteiger partial charge in [-0.3, -0.25) is 4.79 Å². The predicted octanol–water partition coefficient (Wildman–Crippen LogP) is 1.95. The van der Waals surface area contributed by atoms with E-state index in [0.29, 0.717) is 18.1 Å². The number of anilines is 1. The van der Waals surface area contributed by atoms with E-state index in [9.17, 15) is 4.79 Å². The fourth-order valence-electron chi connectivity index (χ4n) is 3.14. The van der Waals surface area contributed by atoms with Crippen molar-refractivity contribution in [3.05, 3.63) is 60.6 Å². The molecule has 8 heteroatoms. The molecule has 1 aromatic carbocycles. The van der Waals surface area contributed by atoms with Crippen LogP contribution in [0.5, 0.6) is 6.01 Å². The van der Waals surface area contributed by atoms with Crippen LogP contribution in [0.4, 0.5) is 5.95 Å². The Labute approximate surface area is 162 Å². The summed E-state index contributed by atoms with van der Waals surface area (Å²) < 4.78 is 4.91. The van der Waals surface area contributed by atoms with Gasteiger partial charge < -0.3 is 15.0 Å². The summed E-state index contributed by atoms with van der Waals surface area (Å²) in [6, 6.07) is 12.2. The first-order valence-electron chi connectivity index (χ1n) is 9.03. The molecule has 0 aliphatic carbocycles. The molecule has 1 N–H and O–H groups in total. The highest BCUT2D eigenvalue weighted by molar-refractivity contribution is 5.93. The summed E-state index contributed by atoms with van der Waals surface area (Å²) in [5, 5.41) is 3.02. The van der Waals surface area contributed by atoms with Crippen LogP contribution in [0.1, 0.15) is 16.8 Å². The van der Waals surface area contributed by atoms with Crippen molar-refractivity contribution in [3.63, 3.8) is 0 Å². The number of methoxy groups -OCH3 is 1. The normalized spacial score (nSPS) is 16.0. The van der Waals surface area contributed by atoms with Crippen molar-refractivity contribution in [3.8, 4) is 17.3 Å². The van der Waals surface area contributed by atoms with Crippen LogP contribution in [0.25, 0.3) is 11.3 Å². The maximum absolute atomic E-state index is 12.4. The predicted molar refractivity (Wildman–Crippen MR) is 104 cm³/mol. The molecule has 3 heterocycles. The van der Waals surface area contributed by atoms with Gasteiger partial charge >= 0.3 is 6.01 Å². The summed E-state index contributed by atoms with van der Waals surface area (Å²) in [4.78, 5) is 31.5. The number of aromatic nitrogens is 4. The molecule has 28 heavy (non-hydrogen) atoms. The molecule has 2 aromatic heterocycles. The fraction of sp³-hybridized carbons (Fsp3) is 0.250. The van der Waals surface area contributed by atoms with E-state index in [1.54, 1.807) is 6.20 Å². The standard InChI is InChI=1S/C20H20N6O2/c1-28-20-22-11-15(12-23-20)18(27)24-16-8-10-26(13-16)19-21-9-7-17(25-19)14-5-3-2-4-6-14/h2-7,9,11-12,16H,8,10,13H2,1H3,(H,24,27). The minimum absolute atomic E-state index is 0.0126. The molecule has 0 spiro atoms. The molecule has 1 aliphatic heterocycles. The molecular formula is C20H20N6O2. The molecule has 0 bridgehead atoms. The highest BCUT2D eigenvalue weighted by atomic mass is 16.5. The van der Waals surface area contributed by atoms with Crippen LogP contribution < -0.4 is 15.0 Å². The second-order valence-electron chi connectivity index (χ2n) is 6.47. The first kappa shape index (κ1) is 17.8. The Morgan fingerprint density at radius 2 is 1.93 bits per heavy atom. The average molecular weight is 376 g/mol. The summed E-state index contributed by atoms with van der Waals surface area (Å²) in [5.41, 5.74) is 2.34. The third-order valence-corrected chi connectivity index (χ3v) is 4.59. The quantitative estimate of drug-likeness (QED) is 0.727. The summed E-state index contributed by atoms with van der Waals surface area (Å²) >= 11 is 0. The number of carbonyl (C=O) groups is 1. The summed E-state index contributed by atoms with van der Waals surface area (Å²) in [5.74, 6) is 0.472. The van der Waals surface area contributed by atoms with Gasteiger partial charge in [-0.05, 0) is 12.5 Å². The van der Waals surface area contributed by atoms with Crippen molar-refractivity contribution < 1.29 is 9.53 Å². The lowest BCUT2D eigenvalue weighted by Crippen LogP contribution is -2.37. The van der Waals surface area contributed by atoms with Crippen molar-refractivity contribution >= 4 is 11.9 Å². The van der Waals surface area contributed by atoms with Crippen LogP contribution in [-0.2, 0) is 0 Å². The third-order valence-electron chi connectivity index (χ3n) is 4.59. The molecule has 0 saturated carbocycles. The van der Waals surface area contributed by atoms with Gasteiger partial charge in [0.1, 0.15) is 0 Å². The number of ether oxygens (including phenoxy) is 1. The first-order valence-corrected chi connectivity index (χ1v) is 9.03. The highest BCUT2D eigenvalue weighted by Gasteiger charge is 2.26. The Kier molecular flexibility index (Phi) is 5.09. The SMILES string of the molecule is COc1ncc(C(=O)NC2CCN(c3nccc(-c4ccccc4)n3)C2)cn1. The number of benzene rings is 1. The number of carbonyl (C=O) groups excluding carboxylic acids is 1. The van der Waals surface area contributed by atoms with E-state index >= 15 is 0 Å². The summed E-state index contributed by atoms with van der Waals surface area (Å²) in [6.45, 7) is 1.43. The second-order valence-corrected chi connectivity index (χ2v) is 6.47. The number of hydrogen-bond donors (Lipinski definition) is 1. The Morgan fingerprint density at radius 1 is 1.14 bits per heavy atom. The van der Waals surface area contributed by atoms with Crippen LogP contribution in [0.3, 0.4) is 0 Å². The van der Waals surface area contributed by atoms with Gasteiger partial charge in [0, 0.05) is 43.3 Å². The average Bonchev–Trinajstić information content (AvgIpc) is 3.23. The van der Waals surface area contributed by atoms with Gasteiger partial charge in [0.2, 0.25) is 5.95 Å². The Morgan fingerprint density at radius 3 is 2.68 bits per heavy atom. The summed E-state index contributed by atoms with van der Waals surface area (Å²) in [6.07, 6.45) is 5.51. The topological polar surface area (TPSA) is 93.1 Å². The molecule has 0 radical (unpaired) electrons. The lowest BCUT2D eigenvalue weighted by atomic mass is 10.1. The van der Waals surface area contributed by atoms with Gasteiger partial charge in [0.05, 0.1) is 18.4 Å². The maximum atomic E-state index is 12.4. The Balaban J connectivity index is 1.40. The monoisotopic (exact) mass is 376 g/mol. The molecule has 4 rings (SSSR count). The van der Waals surface area contributed by atoms with E-state index in [4.69, 9.17) is 4.74 Å². The van der Waals surface area contributed by atoms with E-state index in [1.807, 2.05) is 36.4 Å². The molecule has 1 saturated heterocycles. The number of hydrogen-bond acceptors (Lipinski definition) is 7. The van der Waals surface area contributed by atoms with E-state index in [1.165, 1.54) is 19.5 Å². The maximum Gasteiger partial charge on any atom is 0.316 e. The zero-order valence-electron chi connectivity index (χ0n) is 15.4. The van der Waals surface area contributed by atoms with Gasteiger partial charge in [-0.1, -0.05) is 30.3 Å². The number of nitrogens with zero attached hydrogens (tertiary/aromatic N) is 5. The third kappa shape index (κ3) is 3.90. The first-order chi connectivity index (χ1) is 13.7. The largest absolute Gasteiger partial charge is 0.467 e.